The van der Waals surface area contributed by atoms with E-state index < -0.39 is 5.41 Å². The molecule has 126 valence electrons. The van der Waals surface area contributed by atoms with Crippen molar-refractivity contribution in [1.29, 1.82) is 0 Å². The highest BCUT2D eigenvalue weighted by Gasteiger charge is 2.39. The number of nitrogens with zero attached hydrogens (tertiary/aromatic N) is 1. The second-order valence-corrected chi connectivity index (χ2v) is 7.92. The molecule has 0 aromatic heterocycles. The molecule has 2 aliphatic rings. The molecule has 3 rings (SSSR count). The van der Waals surface area contributed by atoms with E-state index in [-0.39, 0.29) is 5.91 Å². The van der Waals surface area contributed by atoms with Crippen molar-refractivity contribution < 1.29 is 9.53 Å². The van der Waals surface area contributed by atoms with Crippen molar-refractivity contribution in [2.75, 3.05) is 19.7 Å². The SMILES string of the molecule is CC(C)(C(=O)N1CCC2OCCCC2C1)c1ccc(Cl)c(Cl)c1. The van der Waals surface area contributed by atoms with E-state index in [2.05, 4.69) is 0 Å². The summed E-state index contributed by atoms with van der Waals surface area (Å²) in [7, 11) is 0. The monoisotopic (exact) mass is 355 g/mol. The summed E-state index contributed by atoms with van der Waals surface area (Å²) in [6.45, 7) is 6.35. The summed E-state index contributed by atoms with van der Waals surface area (Å²) in [5, 5.41) is 1.00. The Morgan fingerprint density at radius 3 is 2.78 bits per heavy atom. The van der Waals surface area contributed by atoms with Crippen molar-refractivity contribution in [3.63, 3.8) is 0 Å². The molecule has 2 saturated heterocycles. The van der Waals surface area contributed by atoms with Crippen LogP contribution < -0.4 is 0 Å². The smallest absolute Gasteiger partial charge is 0.232 e. The fourth-order valence-corrected chi connectivity index (χ4v) is 3.97. The minimum atomic E-state index is -0.614. The maximum atomic E-state index is 13.1. The predicted molar refractivity (Wildman–Crippen MR) is 93.1 cm³/mol. The average molecular weight is 356 g/mol. The van der Waals surface area contributed by atoms with E-state index in [1.54, 1.807) is 12.1 Å². The van der Waals surface area contributed by atoms with Gasteiger partial charge in [-0.15, -0.1) is 0 Å². The van der Waals surface area contributed by atoms with Crippen LogP contribution in [0.2, 0.25) is 10.0 Å². The first kappa shape index (κ1) is 17.1. The summed E-state index contributed by atoms with van der Waals surface area (Å²) in [5.41, 5.74) is 0.287. The fraction of sp³-hybridized carbons (Fsp3) is 0.611. The van der Waals surface area contributed by atoms with Gasteiger partial charge in [0, 0.05) is 25.6 Å². The third kappa shape index (κ3) is 3.38. The first-order chi connectivity index (χ1) is 10.9. The molecule has 2 atom stereocenters. The van der Waals surface area contributed by atoms with Crippen LogP contribution >= 0.6 is 23.2 Å². The Morgan fingerprint density at radius 1 is 1.26 bits per heavy atom. The van der Waals surface area contributed by atoms with Gasteiger partial charge < -0.3 is 9.64 Å². The molecule has 2 fully saturated rings. The van der Waals surface area contributed by atoms with Crippen molar-refractivity contribution in [2.45, 2.75) is 44.6 Å². The fourth-order valence-electron chi connectivity index (χ4n) is 3.68. The van der Waals surface area contributed by atoms with Gasteiger partial charge >= 0.3 is 0 Å². The minimum absolute atomic E-state index is 0.153. The zero-order valence-corrected chi connectivity index (χ0v) is 15.2. The molecular weight excluding hydrogens is 333 g/mol. The van der Waals surface area contributed by atoms with E-state index >= 15 is 0 Å². The summed E-state index contributed by atoms with van der Waals surface area (Å²) in [6.07, 6.45) is 3.52. The molecule has 0 aliphatic carbocycles. The van der Waals surface area contributed by atoms with Crippen LogP contribution in [0.1, 0.15) is 38.7 Å². The van der Waals surface area contributed by atoms with Crippen molar-refractivity contribution in [3.8, 4) is 0 Å². The summed E-state index contributed by atoms with van der Waals surface area (Å²) >= 11 is 12.1. The topological polar surface area (TPSA) is 29.5 Å². The molecule has 2 unspecified atom stereocenters. The standard InChI is InChI=1S/C18H23Cl2NO2/c1-18(2,13-5-6-14(19)15(20)10-13)17(22)21-8-7-16-12(11-21)4-3-9-23-16/h5-6,10,12,16H,3-4,7-9,11H2,1-2H3. The number of benzene rings is 1. The average Bonchev–Trinajstić information content (AvgIpc) is 2.56. The van der Waals surface area contributed by atoms with Crippen LogP contribution in [0.15, 0.2) is 18.2 Å². The Hall–Kier alpha value is -0.770. The zero-order valence-electron chi connectivity index (χ0n) is 13.6. The summed E-state index contributed by atoms with van der Waals surface area (Å²) in [4.78, 5) is 15.1. The highest BCUT2D eigenvalue weighted by molar-refractivity contribution is 6.42. The van der Waals surface area contributed by atoms with E-state index in [0.29, 0.717) is 22.1 Å². The molecule has 5 heteroatoms. The molecule has 2 aliphatic heterocycles. The summed E-state index contributed by atoms with van der Waals surface area (Å²) < 4.78 is 5.84. The molecule has 0 bridgehead atoms. The number of likely N-dealkylation sites (tertiary alicyclic amines) is 1. The normalized spacial score (nSPS) is 25.1. The maximum Gasteiger partial charge on any atom is 0.232 e. The molecule has 0 radical (unpaired) electrons. The number of hydrogen-bond donors (Lipinski definition) is 0. The number of halogens is 2. The molecule has 2 heterocycles. The van der Waals surface area contributed by atoms with E-state index in [1.807, 2.05) is 24.8 Å². The predicted octanol–water partition coefficient (Wildman–Crippen LogP) is 4.30. The number of hydrogen-bond acceptors (Lipinski definition) is 2. The first-order valence-electron chi connectivity index (χ1n) is 8.26. The summed E-state index contributed by atoms with van der Waals surface area (Å²) in [6, 6.07) is 5.45. The van der Waals surface area contributed by atoms with Crippen LogP contribution in [0.5, 0.6) is 0 Å². The Labute approximate surface area is 147 Å². The van der Waals surface area contributed by atoms with Gasteiger partial charge in [-0.05, 0) is 50.8 Å². The summed E-state index contributed by atoms with van der Waals surface area (Å²) in [5.74, 6) is 0.631. The van der Waals surface area contributed by atoms with Crippen molar-refractivity contribution in [1.82, 2.24) is 4.90 Å². The van der Waals surface area contributed by atoms with E-state index in [1.165, 1.54) is 0 Å². The lowest BCUT2D eigenvalue weighted by molar-refractivity contribution is -0.143. The highest BCUT2D eigenvalue weighted by atomic mass is 35.5. The second-order valence-electron chi connectivity index (χ2n) is 7.11. The van der Waals surface area contributed by atoms with Gasteiger partial charge in [-0.2, -0.15) is 0 Å². The molecule has 3 nitrogen and oxygen atoms in total. The third-order valence-corrected chi connectivity index (χ3v) is 5.92. The third-order valence-electron chi connectivity index (χ3n) is 5.18. The Bertz CT molecular complexity index is 603. The molecule has 0 N–H and O–H groups in total. The van der Waals surface area contributed by atoms with Gasteiger partial charge in [0.1, 0.15) is 0 Å². The van der Waals surface area contributed by atoms with Crippen LogP contribution in [-0.4, -0.2) is 36.6 Å². The van der Waals surface area contributed by atoms with Gasteiger partial charge in [-0.1, -0.05) is 29.3 Å². The molecule has 1 amide bonds. The number of amides is 1. The van der Waals surface area contributed by atoms with Crippen LogP contribution in [0.3, 0.4) is 0 Å². The molecule has 1 aromatic rings. The first-order valence-corrected chi connectivity index (χ1v) is 9.01. The van der Waals surface area contributed by atoms with E-state index in [9.17, 15) is 4.79 Å². The van der Waals surface area contributed by atoms with Gasteiger partial charge in [0.2, 0.25) is 5.91 Å². The van der Waals surface area contributed by atoms with E-state index in [4.69, 9.17) is 27.9 Å². The van der Waals surface area contributed by atoms with Gasteiger partial charge in [-0.3, -0.25) is 4.79 Å². The Morgan fingerprint density at radius 2 is 2.04 bits per heavy atom. The maximum absolute atomic E-state index is 13.1. The molecule has 23 heavy (non-hydrogen) atoms. The minimum Gasteiger partial charge on any atom is -0.378 e. The highest BCUT2D eigenvalue weighted by Crippen LogP contribution is 2.34. The van der Waals surface area contributed by atoms with Gasteiger partial charge in [0.25, 0.3) is 0 Å². The zero-order chi connectivity index (χ0) is 16.6. The number of ether oxygens (including phenoxy) is 1. The Kier molecular flexibility index (Phi) is 4.91. The number of carbonyl (C=O) groups is 1. The number of rotatable bonds is 2. The number of piperidine rings is 1. The lowest BCUT2D eigenvalue weighted by Gasteiger charge is -2.43. The van der Waals surface area contributed by atoms with Crippen molar-refractivity contribution in [2.24, 2.45) is 5.92 Å². The van der Waals surface area contributed by atoms with Crippen LogP contribution in [0, 0.1) is 5.92 Å². The largest absolute Gasteiger partial charge is 0.378 e. The Balaban J connectivity index is 1.76. The van der Waals surface area contributed by atoms with Crippen LogP contribution in [0.25, 0.3) is 0 Å². The van der Waals surface area contributed by atoms with Crippen molar-refractivity contribution in [3.05, 3.63) is 33.8 Å². The second kappa shape index (κ2) is 6.62. The quantitative estimate of drug-likeness (QED) is 0.791. The van der Waals surface area contributed by atoms with Crippen LogP contribution in [0.4, 0.5) is 0 Å². The number of fused-ring (bicyclic) bond motifs is 1. The van der Waals surface area contributed by atoms with Gasteiger partial charge in [0.15, 0.2) is 0 Å². The molecule has 1 aromatic carbocycles. The van der Waals surface area contributed by atoms with Crippen molar-refractivity contribution >= 4 is 29.1 Å². The molecular formula is C18H23Cl2NO2. The lowest BCUT2D eigenvalue weighted by Crippen LogP contribution is -2.52. The lowest BCUT2D eigenvalue weighted by atomic mass is 9.81. The van der Waals surface area contributed by atoms with Gasteiger partial charge in [-0.25, -0.2) is 0 Å². The van der Waals surface area contributed by atoms with E-state index in [0.717, 1.165) is 44.5 Å². The molecule has 0 spiro atoms. The number of carbonyl (C=O) groups excluding carboxylic acids is 1. The molecule has 0 saturated carbocycles. The van der Waals surface area contributed by atoms with Gasteiger partial charge in [0.05, 0.1) is 21.6 Å². The van der Waals surface area contributed by atoms with Crippen LogP contribution in [-0.2, 0) is 14.9 Å².